The molecule has 0 aliphatic heterocycles. The molecule has 13 heteroatoms. The second-order valence-corrected chi connectivity index (χ2v) is 22.4. The van der Waals surface area contributed by atoms with Gasteiger partial charge in [0.2, 0.25) is 11.0 Å². The number of carbonyl (C=O) groups excluding carboxylic acids is 3. The van der Waals surface area contributed by atoms with Crippen molar-refractivity contribution in [1.29, 1.82) is 0 Å². The van der Waals surface area contributed by atoms with Crippen LogP contribution in [0.3, 0.4) is 0 Å². The van der Waals surface area contributed by atoms with Crippen molar-refractivity contribution in [3.8, 4) is 0 Å². The van der Waals surface area contributed by atoms with Crippen molar-refractivity contribution in [1.82, 2.24) is 0 Å². The van der Waals surface area contributed by atoms with Gasteiger partial charge in [-0.2, -0.15) is 11.7 Å². The molecule has 0 fully saturated rings. The zero-order valence-electron chi connectivity index (χ0n) is 24.1. The van der Waals surface area contributed by atoms with Gasteiger partial charge in [-0.15, -0.1) is 0 Å². The summed E-state index contributed by atoms with van der Waals surface area (Å²) in [6.07, 6.45) is 2.81. The van der Waals surface area contributed by atoms with E-state index in [-0.39, 0.29) is 54.6 Å². The first-order chi connectivity index (χ1) is 19.9. The second kappa shape index (κ2) is 34.0. The number of fused-ring (bicyclic) bond motifs is 1. The molecule has 44 heavy (non-hydrogen) atoms. The molecule has 0 saturated carbocycles. The van der Waals surface area contributed by atoms with E-state index in [1.807, 2.05) is 119 Å². The van der Waals surface area contributed by atoms with E-state index in [1.165, 1.54) is 11.1 Å². The van der Waals surface area contributed by atoms with Gasteiger partial charge < -0.3 is 50.7 Å². The minimum atomic E-state index is -0.314. The van der Waals surface area contributed by atoms with E-state index in [2.05, 4.69) is 107 Å². The molecular weight excluding hydrogens is 1220 g/mol. The molecule has 0 bridgehead atoms. The van der Waals surface area contributed by atoms with Gasteiger partial charge in [-0.1, -0.05) is 153 Å². The van der Waals surface area contributed by atoms with E-state index >= 15 is 0 Å². The largest absolute Gasteiger partial charge is 0.361 e. The molecule has 2 radical (unpaired) electrons. The fourth-order valence-corrected chi connectivity index (χ4v) is 3.21. The molecule has 238 valence electrons. The third kappa shape index (κ3) is 34.5. The van der Waals surface area contributed by atoms with Gasteiger partial charge in [-0.3, -0.25) is 23.7 Å². The number of halogens is 6. The van der Waals surface area contributed by atoms with Gasteiger partial charge in [-0.05, 0) is 40.8 Å². The second-order valence-electron chi connectivity index (χ2n) is 8.05. The van der Waals surface area contributed by atoms with Gasteiger partial charge in [-0.25, -0.2) is 0 Å². The van der Waals surface area contributed by atoms with Crippen LogP contribution in [0.25, 0.3) is 5.53 Å². The third-order valence-corrected chi connectivity index (χ3v) is 4.64. The normalized spacial score (nSPS) is 9.89. The first kappa shape index (κ1) is 52.0. The summed E-state index contributed by atoms with van der Waals surface area (Å²) in [5.41, 5.74) is 12.4. The molecule has 0 saturated heterocycles. The number of rotatable bonds is 5. The van der Waals surface area contributed by atoms with Crippen molar-refractivity contribution in [2.45, 2.75) is 39.0 Å². The van der Waals surface area contributed by atoms with Crippen LogP contribution in [0.5, 0.6) is 0 Å². The number of hydrogen-bond donors (Lipinski definition) is 0. The average molecular weight is 1250 g/mol. The smallest absolute Gasteiger partial charge is 0.323 e. The summed E-state index contributed by atoms with van der Waals surface area (Å²) in [5, 5.41) is -0.314. The number of alkyl halides is 3. The third-order valence-electron chi connectivity index (χ3n) is 4.50. The Morgan fingerprint density at radius 1 is 0.864 bits per heavy atom. The van der Waals surface area contributed by atoms with Gasteiger partial charge in [0.15, 0.2) is 0 Å². The molecule has 0 spiro atoms. The van der Waals surface area contributed by atoms with Crippen LogP contribution in [-0.4, -0.2) is 27.2 Å². The van der Waals surface area contributed by atoms with Crippen LogP contribution in [0.1, 0.15) is 36.1 Å². The summed E-state index contributed by atoms with van der Waals surface area (Å²) in [7, 11) is 0. The number of nitrogens with zero attached hydrogens (tertiary/aromatic N) is 2. The fourth-order valence-electron chi connectivity index (χ4n) is 3.05. The van der Waals surface area contributed by atoms with E-state index in [4.69, 9.17) is 17.1 Å². The van der Waals surface area contributed by atoms with Crippen molar-refractivity contribution in [3.63, 3.8) is 0 Å². The van der Waals surface area contributed by atoms with Crippen molar-refractivity contribution in [2.75, 3.05) is 0 Å². The number of Topliss-reactive ketones (excluding diaryl/α,β-unsaturated/α-hetero) is 2. The van der Waals surface area contributed by atoms with Crippen LogP contribution < -0.4 is 0 Å². The molecular formula is C31H32ClI5N2O3V2-2. The minimum absolute atomic E-state index is 0. The molecule has 3 aromatic rings. The Kier molecular flexibility index (Phi) is 40.2. The van der Waals surface area contributed by atoms with Gasteiger partial charge >= 0.3 is 6.21 Å². The minimum Gasteiger partial charge on any atom is -0.361 e. The Bertz CT molecular complexity index is 1200. The molecule has 0 heterocycles. The SMILES string of the molecule is CC(I)(I)I.C[CH-]I.O=C(Cl)Cc1ccccc1.O=C1Cc2ccccc2C1.[CH2-]I.[N-]=[N+]=CC(=O)Cc1ccccc1.[V].[V]. The molecule has 0 atom stereocenters. The standard InChI is InChI=1S/C9H8N2O.C9H8O.C8H7ClO.C2H3I3.C2H4I.CH2I.2V/c10-11-7-9(12)6-8-4-2-1-3-5-8;10-9-5-7-3-1-2-4-8(7)6-9;9-8(10)6-7-4-2-1-3-5-7;1-2(3,4)5;1-2-3;1-2;;/h1-5,7H,6H2;1-4H,5-6H2;1-5H,6H2;1H3;2H,1H3;1H2;;/q;;;;2*-1;;. The van der Waals surface area contributed by atoms with Gasteiger partial charge in [0.25, 0.3) is 0 Å². The zero-order chi connectivity index (χ0) is 32.4. The molecule has 1 aliphatic rings. The molecule has 5 nitrogen and oxygen atoms in total. The molecule has 0 amide bonds. The van der Waals surface area contributed by atoms with Crippen LogP contribution in [0.15, 0.2) is 84.9 Å². The topological polar surface area (TPSA) is 87.6 Å². The van der Waals surface area contributed by atoms with E-state index in [0.717, 1.165) is 17.3 Å². The molecule has 4 rings (SSSR count). The molecule has 0 aromatic heterocycles. The summed E-state index contributed by atoms with van der Waals surface area (Å²) in [6, 6.07) is 26.8. The van der Waals surface area contributed by atoms with Crippen LogP contribution in [0.4, 0.5) is 0 Å². The van der Waals surface area contributed by atoms with Crippen LogP contribution in [0, 0.1) is 9.36 Å². The Morgan fingerprint density at radius 2 is 1.18 bits per heavy atom. The zero-order valence-corrected chi connectivity index (χ0v) is 38.4. The van der Waals surface area contributed by atoms with E-state index in [0.29, 0.717) is 24.5 Å². The summed E-state index contributed by atoms with van der Waals surface area (Å²) in [5.74, 6) is 0.143. The van der Waals surface area contributed by atoms with Gasteiger partial charge in [0.05, 0.1) is 0 Å². The predicted molar refractivity (Wildman–Crippen MR) is 219 cm³/mol. The Labute approximate surface area is 359 Å². The van der Waals surface area contributed by atoms with Crippen LogP contribution in [0.2, 0.25) is 0 Å². The molecule has 3 aromatic carbocycles. The summed E-state index contributed by atoms with van der Waals surface area (Å²) in [6.45, 7) is 4.13. The van der Waals surface area contributed by atoms with E-state index in [1.54, 1.807) is 0 Å². The Hall–Kier alpha value is 1.16. The average Bonchev–Trinajstić information content (AvgIpc) is 3.31. The van der Waals surface area contributed by atoms with Crippen molar-refractivity contribution < 1.29 is 56.3 Å². The van der Waals surface area contributed by atoms with Gasteiger partial charge in [0.1, 0.15) is 5.22 Å². The van der Waals surface area contributed by atoms with Crippen molar-refractivity contribution >= 4 is 148 Å². The Morgan fingerprint density at radius 3 is 1.50 bits per heavy atom. The van der Waals surface area contributed by atoms with Crippen LogP contribution >= 0.6 is 125 Å². The maximum Gasteiger partial charge on any atom is 0.323 e. The van der Waals surface area contributed by atoms with E-state index < -0.39 is 0 Å². The van der Waals surface area contributed by atoms with E-state index in [9.17, 15) is 14.4 Å². The first-order valence-electron chi connectivity index (χ1n) is 12.2. The summed E-state index contributed by atoms with van der Waals surface area (Å²) in [4.78, 5) is 38.1. The molecule has 0 unspecified atom stereocenters. The monoisotopic (exact) mass is 1250 g/mol. The number of carbonyl (C=O) groups is 3. The number of hydrogen-bond acceptors (Lipinski definition) is 3. The Balaban J connectivity index is -0.000000234. The number of benzene rings is 3. The quantitative estimate of drug-likeness (QED) is 0.0485. The molecule has 0 N–H and O–H groups in total. The van der Waals surface area contributed by atoms with Crippen molar-refractivity contribution in [2.24, 2.45) is 0 Å². The maximum atomic E-state index is 10.9. The van der Waals surface area contributed by atoms with Crippen molar-refractivity contribution in [3.05, 3.63) is 122 Å². The first-order valence-corrected chi connectivity index (χ1v) is 18.5. The number of ketones is 2. The van der Waals surface area contributed by atoms with Crippen LogP contribution in [-0.2, 0) is 77.2 Å². The molecule has 1 aliphatic carbocycles. The predicted octanol–water partition coefficient (Wildman–Crippen LogP) is 10.2. The summed E-state index contributed by atoms with van der Waals surface area (Å²) < 4.78 is 2.38. The summed E-state index contributed by atoms with van der Waals surface area (Å²) >= 11 is 16.3. The fraction of sp³-hybridized carbons (Fsp3) is 0.226. The van der Waals surface area contributed by atoms with Gasteiger partial charge in [0, 0.05) is 62.8 Å². The maximum absolute atomic E-state index is 10.9.